The molecule has 0 radical (unpaired) electrons. The minimum absolute atomic E-state index is 0.112. The molecule has 11 heteroatoms. The first-order chi connectivity index (χ1) is 21.6. The van der Waals surface area contributed by atoms with Crippen LogP contribution in [0, 0.1) is 5.92 Å². The van der Waals surface area contributed by atoms with Crippen LogP contribution in [0.2, 0.25) is 18.6 Å². The van der Waals surface area contributed by atoms with Gasteiger partial charge in [0.05, 0.1) is 31.4 Å². The summed E-state index contributed by atoms with van der Waals surface area (Å²) >= 11 is 0. The van der Waals surface area contributed by atoms with Crippen LogP contribution in [0.25, 0.3) is 0 Å². The molecule has 3 aromatic rings. The smallest absolute Gasteiger partial charge is 0.414 e. The second-order valence-electron chi connectivity index (χ2n) is 12.4. The molecule has 0 unspecified atom stereocenters. The Labute approximate surface area is 263 Å². The van der Waals surface area contributed by atoms with Gasteiger partial charge in [-0.2, -0.15) is 0 Å². The zero-order valence-corrected chi connectivity index (χ0v) is 26.7. The number of aliphatic hydroxyl groups is 1. The molecule has 4 atom stereocenters. The molecular formula is C34H38FN3O6Si. The number of hydrogen-bond acceptors (Lipinski definition) is 6. The number of carbonyl (C=O) groups excluding carboxylic acids is 3. The van der Waals surface area contributed by atoms with E-state index in [0.717, 1.165) is 5.56 Å². The van der Waals surface area contributed by atoms with Crippen LogP contribution in [-0.4, -0.2) is 68.7 Å². The number of fused-ring (bicyclic) bond motifs is 2. The second kappa shape index (κ2) is 12.0. The highest BCUT2D eigenvalue weighted by Gasteiger charge is 2.67. The third-order valence-corrected chi connectivity index (χ3v) is 11.7. The minimum atomic E-state index is -3.54. The van der Waals surface area contributed by atoms with Crippen LogP contribution in [0.4, 0.5) is 26.0 Å². The number of aliphatic hydroxyl groups excluding tert-OH is 1. The third kappa shape index (κ3) is 5.42. The molecule has 3 aromatic carbocycles. The van der Waals surface area contributed by atoms with E-state index in [1.165, 1.54) is 4.90 Å². The molecule has 0 bridgehead atoms. The average Bonchev–Trinajstić information content (AvgIpc) is 3.65. The first-order valence-corrected chi connectivity index (χ1v) is 18.3. The summed E-state index contributed by atoms with van der Waals surface area (Å²) in [6, 6.07) is 24.0. The van der Waals surface area contributed by atoms with Gasteiger partial charge in [-0.05, 0) is 49.0 Å². The molecule has 2 fully saturated rings. The van der Waals surface area contributed by atoms with E-state index in [2.05, 4.69) is 0 Å². The van der Waals surface area contributed by atoms with E-state index in [1.807, 2.05) is 67.6 Å². The number of amides is 3. The van der Waals surface area contributed by atoms with Gasteiger partial charge < -0.3 is 23.6 Å². The van der Waals surface area contributed by atoms with Gasteiger partial charge in [-0.3, -0.25) is 19.4 Å². The summed E-state index contributed by atoms with van der Waals surface area (Å²) in [4.78, 5) is 45.7. The number of cyclic esters (lactones) is 1. The van der Waals surface area contributed by atoms with Crippen molar-refractivity contribution in [3.63, 3.8) is 0 Å². The summed E-state index contributed by atoms with van der Waals surface area (Å²) < 4.78 is 28.4. The van der Waals surface area contributed by atoms with Gasteiger partial charge in [0.1, 0.15) is 6.61 Å². The highest BCUT2D eigenvalue weighted by molar-refractivity contribution is 6.72. The van der Waals surface area contributed by atoms with Crippen molar-refractivity contribution in [1.82, 2.24) is 4.90 Å². The van der Waals surface area contributed by atoms with Crippen molar-refractivity contribution in [2.45, 2.75) is 50.2 Å². The summed E-state index contributed by atoms with van der Waals surface area (Å²) in [6.07, 6.45) is -1.51. The largest absolute Gasteiger partial charge is 0.447 e. The Balaban J connectivity index is 1.42. The lowest BCUT2D eigenvalue weighted by molar-refractivity contribution is -0.149. The summed E-state index contributed by atoms with van der Waals surface area (Å²) in [5, 5.41) is 9.77. The van der Waals surface area contributed by atoms with Crippen LogP contribution >= 0.6 is 0 Å². The molecule has 3 heterocycles. The van der Waals surface area contributed by atoms with Crippen molar-refractivity contribution in [2.24, 2.45) is 5.92 Å². The Kier molecular flexibility index (Phi) is 8.27. The Morgan fingerprint density at radius 2 is 1.73 bits per heavy atom. The van der Waals surface area contributed by atoms with Gasteiger partial charge in [-0.15, -0.1) is 0 Å². The number of ether oxygens (including phenoxy) is 2. The molecule has 3 amide bonds. The lowest BCUT2D eigenvalue weighted by atomic mass is 9.82. The number of benzene rings is 3. The Bertz CT molecular complexity index is 1590. The first-order valence-electron chi connectivity index (χ1n) is 15.3. The van der Waals surface area contributed by atoms with Crippen molar-refractivity contribution in [3.8, 4) is 0 Å². The van der Waals surface area contributed by atoms with E-state index in [4.69, 9.17) is 9.47 Å². The van der Waals surface area contributed by atoms with E-state index in [9.17, 15) is 19.5 Å². The van der Waals surface area contributed by atoms with Crippen LogP contribution in [0.15, 0.2) is 78.9 Å². The van der Waals surface area contributed by atoms with Gasteiger partial charge in [0.15, 0.2) is 5.60 Å². The topological polar surface area (TPSA) is 99.6 Å². The van der Waals surface area contributed by atoms with E-state index < -0.39 is 37.7 Å². The summed E-state index contributed by atoms with van der Waals surface area (Å²) in [7, 11) is -3.54. The molecule has 6 rings (SSSR count). The predicted octanol–water partition coefficient (Wildman–Crippen LogP) is 5.51. The first kappa shape index (κ1) is 30.9. The van der Waals surface area contributed by atoms with Gasteiger partial charge in [0.25, 0.3) is 5.91 Å². The fraction of sp³-hybridized carbons (Fsp3) is 0.382. The second-order valence-corrected chi connectivity index (χ2v) is 16.2. The van der Waals surface area contributed by atoms with Crippen molar-refractivity contribution in [1.29, 1.82) is 0 Å². The van der Waals surface area contributed by atoms with Crippen molar-refractivity contribution < 1.29 is 33.1 Å². The monoisotopic (exact) mass is 631 g/mol. The number of halogens is 1. The number of anilines is 3. The SMILES string of the molecule is C[C@@H]1[C@@H]([Si](C)(C)F)[C@H](CC(=O)N(CCO)Cc2ccccc2)O[C@@]12C(=O)N(c1ccccc1)c1ccc(N3CCOC3=O)cc12. The molecular weight excluding hydrogens is 593 g/mol. The maximum atomic E-state index is 16.4. The maximum absolute atomic E-state index is 16.4. The van der Waals surface area contributed by atoms with E-state index in [0.29, 0.717) is 29.2 Å². The third-order valence-electron chi connectivity index (χ3n) is 9.25. The zero-order chi connectivity index (χ0) is 31.9. The van der Waals surface area contributed by atoms with E-state index in [-0.39, 0.29) is 44.5 Å². The molecule has 9 nitrogen and oxygen atoms in total. The van der Waals surface area contributed by atoms with Crippen LogP contribution in [0.3, 0.4) is 0 Å². The molecule has 3 aliphatic rings. The van der Waals surface area contributed by atoms with Crippen LogP contribution in [0.5, 0.6) is 0 Å². The van der Waals surface area contributed by atoms with Gasteiger partial charge in [-0.25, -0.2) is 4.79 Å². The fourth-order valence-corrected chi connectivity index (χ4v) is 9.80. The summed E-state index contributed by atoms with van der Waals surface area (Å²) in [5.41, 5.74) is 0.938. The Hall–Kier alpha value is -4.06. The Morgan fingerprint density at radius 1 is 1.04 bits per heavy atom. The highest BCUT2D eigenvalue weighted by atomic mass is 28.4. The number of para-hydroxylation sites is 1. The highest BCUT2D eigenvalue weighted by Crippen LogP contribution is 2.61. The molecule has 1 spiro atoms. The zero-order valence-electron chi connectivity index (χ0n) is 25.7. The number of hydrogen-bond donors (Lipinski definition) is 1. The van der Waals surface area contributed by atoms with Crippen LogP contribution < -0.4 is 9.80 Å². The number of rotatable bonds is 9. The lowest BCUT2D eigenvalue weighted by Gasteiger charge is -2.31. The van der Waals surface area contributed by atoms with E-state index in [1.54, 1.807) is 41.1 Å². The maximum Gasteiger partial charge on any atom is 0.414 e. The number of nitrogens with zero attached hydrogens (tertiary/aromatic N) is 3. The Morgan fingerprint density at radius 3 is 2.36 bits per heavy atom. The lowest BCUT2D eigenvalue weighted by Crippen LogP contribution is -2.44. The normalized spacial score (nSPS) is 24.3. The van der Waals surface area contributed by atoms with Crippen LogP contribution in [0.1, 0.15) is 24.5 Å². The van der Waals surface area contributed by atoms with Gasteiger partial charge in [0.2, 0.25) is 14.3 Å². The molecule has 0 aromatic heterocycles. The van der Waals surface area contributed by atoms with Gasteiger partial charge in [-0.1, -0.05) is 55.5 Å². The molecule has 45 heavy (non-hydrogen) atoms. The van der Waals surface area contributed by atoms with Crippen LogP contribution in [-0.2, 0) is 31.2 Å². The summed E-state index contributed by atoms with van der Waals surface area (Å²) in [6.45, 7) is 5.82. The molecule has 0 aliphatic carbocycles. The molecule has 236 valence electrons. The minimum Gasteiger partial charge on any atom is -0.447 e. The molecule has 0 saturated carbocycles. The number of carbonyl (C=O) groups is 3. The molecule has 1 N–H and O–H groups in total. The molecule has 3 aliphatic heterocycles. The van der Waals surface area contributed by atoms with Crippen molar-refractivity contribution in [2.75, 3.05) is 36.1 Å². The van der Waals surface area contributed by atoms with Gasteiger partial charge in [0, 0.05) is 41.5 Å². The van der Waals surface area contributed by atoms with Gasteiger partial charge >= 0.3 is 6.09 Å². The standard InChI is InChI=1S/C34H38FN3O6Si/c1-23-31(45(2,3)35)29(21-30(40)36(16-18-39)22-24-10-6-4-7-11-24)44-34(23)27-20-26(37-17-19-43-33(37)42)14-15-28(27)38(32(34)41)25-12-8-5-9-13-25/h4-15,20,23,29,31,39H,16-19,21-22H2,1-3H3/t23-,29+,31-,34+/m1/s1. The van der Waals surface area contributed by atoms with Crippen molar-refractivity contribution in [3.05, 3.63) is 90.0 Å². The van der Waals surface area contributed by atoms with Crippen molar-refractivity contribution >= 4 is 43.4 Å². The quantitative estimate of drug-likeness (QED) is 0.247. The average molecular weight is 632 g/mol. The predicted molar refractivity (Wildman–Crippen MR) is 170 cm³/mol. The fourth-order valence-electron chi connectivity index (χ4n) is 7.31. The summed E-state index contributed by atoms with van der Waals surface area (Å²) in [5.74, 6) is -1.26. The molecule has 2 saturated heterocycles. The van der Waals surface area contributed by atoms with E-state index >= 15 is 4.11 Å².